The molecule has 0 aromatic rings. The number of carbonyl (C=O) groups excluding carboxylic acids is 1. The average Bonchev–Trinajstić information content (AvgIpc) is 2.15. The standard InChI is InChI=1S/C9H18N2O2/c10-8(9(11)12)4-3-7-2-1-5-13-6-7/h7-8H,1-6,10H2,(H2,11,12). The van der Waals surface area contributed by atoms with Gasteiger partial charge in [-0.3, -0.25) is 4.79 Å². The summed E-state index contributed by atoms with van der Waals surface area (Å²) in [5.41, 5.74) is 10.6. The number of ether oxygens (including phenoxy) is 1. The highest BCUT2D eigenvalue weighted by Crippen LogP contribution is 2.18. The Morgan fingerprint density at radius 3 is 2.92 bits per heavy atom. The van der Waals surface area contributed by atoms with Gasteiger partial charge in [0.05, 0.1) is 6.04 Å². The molecule has 1 heterocycles. The molecule has 0 radical (unpaired) electrons. The zero-order valence-corrected chi connectivity index (χ0v) is 7.87. The molecule has 0 spiro atoms. The summed E-state index contributed by atoms with van der Waals surface area (Å²) in [6.45, 7) is 1.68. The molecule has 1 aliphatic rings. The summed E-state index contributed by atoms with van der Waals surface area (Å²) in [6.07, 6.45) is 3.94. The minimum Gasteiger partial charge on any atom is -0.381 e. The molecule has 0 bridgehead atoms. The van der Waals surface area contributed by atoms with E-state index in [4.69, 9.17) is 16.2 Å². The fraction of sp³-hybridized carbons (Fsp3) is 0.889. The minimum atomic E-state index is -0.484. The van der Waals surface area contributed by atoms with Crippen molar-refractivity contribution in [2.45, 2.75) is 31.7 Å². The molecule has 0 saturated carbocycles. The van der Waals surface area contributed by atoms with E-state index < -0.39 is 11.9 Å². The van der Waals surface area contributed by atoms with Gasteiger partial charge in [-0.1, -0.05) is 0 Å². The van der Waals surface area contributed by atoms with Crippen LogP contribution in [0, 0.1) is 5.92 Å². The molecule has 0 aliphatic carbocycles. The van der Waals surface area contributed by atoms with Crippen molar-refractivity contribution in [2.24, 2.45) is 17.4 Å². The second kappa shape index (κ2) is 5.19. The molecule has 1 saturated heterocycles. The molecule has 1 rings (SSSR count). The number of carbonyl (C=O) groups is 1. The van der Waals surface area contributed by atoms with Crippen molar-refractivity contribution in [3.63, 3.8) is 0 Å². The summed E-state index contributed by atoms with van der Waals surface area (Å²) in [4.78, 5) is 10.6. The fourth-order valence-electron chi connectivity index (χ4n) is 1.59. The molecule has 1 fully saturated rings. The highest BCUT2D eigenvalue weighted by atomic mass is 16.5. The van der Waals surface area contributed by atoms with Crippen LogP contribution in [0.3, 0.4) is 0 Å². The Morgan fingerprint density at radius 2 is 2.38 bits per heavy atom. The summed E-state index contributed by atoms with van der Waals surface area (Å²) in [5.74, 6) is 0.163. The Bertz CT molecular complexity index is 167. The predicted molar refractivity (Wildman–Crippen MR) is 49.9 cm³/mol. The lowest BCUT2D eigenvalue weighted by Crippen LogP contribution is -2.37. The Morgan fingerprint density at radius 1 is 1.62 bits per heavy atom. The molecule has 76 valence electrons. The molecule has 13 heavy (non-hydrogen) atoms. The normalized spacial score (nSPS) is 25.5. The summed E-state index contributed by atoms with van der Waals surface area (Å²) in [7, 11) is 0. The smallest absolute Gasteiger partial charge is 0.234 e. The summed E-state index contributed by atoms with van der Waals surface area (Å²) >= 11 is 0. The third-order valence-corrected chi connectivity index (χ3v) is 2.51. The van der Waals surface area contributed by atoms with Crippen molar-refractivity contribution in [1.82, 2.24) is 0 Å². The first-order valence-electron chi connectivity index (χ1n) is 4.83. The lowest BCUT2D eigenvalue weighted by molar-refractivity contribution is -0.119. The van der Waals surface area contributed by atoms with Crippen LogP contribution < -0.4 is 11.5 Å². The highest BCUT2D eigenvalue weighted by molar-refractivity contribution is 5.79. The van der Waals surface area contributed by atoms with Gasteiger partial charge in [-0.15, -0.1) is 0 Å². The first-order valence-corrected chi connectivity index (χ1v) is 4.83. The van der Waals surface area contributed by atoms with E-state index in [2.05, 4.69) is 0 Å². The van der Waals surface area contributed by atoms with E-state index in [-0.39, 0.29) is 0 Å². The van der Waals surface area contributed by atoms with Gasteiger partial charge in [0.25, 0.3) is 0 Å². The third-order valence-electron chi connectivity index (χ3n) is 2.51. The summed E-state index contributed by atoms with van der Waals surface area (Å²) < 4.78 is 5.32. The van der Waals surface area contributed by atoms with Gasteiger partial charge in [-0.25, -0.2) is 0 Å². The average molecular weight is 186 g/mol. The Labute approximate surface area is 78.6 Å². The number of hydrogen-bond acceptors (Lipinski definition) is 3. The van der Waals surface area contributed by atoms with Gasteiger partial charge in [0.1, 0.15) is 0 Å². The lowest BCUT2D eigenvalue weighted by Gasteiger charge is -2.22. The molecular weight excluding hydrogens is 168 g/mol. The molecule has 4 heteroatoms. The lowest BCUT2D eigenvalue weighted by atomic mass is 9.95. The van der Waals surface area contributed by atoms with Crippen molar-refractivity contribution >= 4 is 5.91 Å². The molecule has 0 aromatic carbocycles. The molecule has 4 N–H and O–H groups in total. The second-order valence-corrected chi connectivity index (χ2v) is 3.67. The maximum atomic E-state index is 10.6. The van der Waals surface area contributed by atoms with E-state index in [0.717, 1.165) is 26.1 Å². The maximum absolute atomic E-state index is 10.6. The van der Waals surface area contributed by atoms with Crippen molar-refractivity contribution in [1.29, 1.82) is 0 Å². The third kappa shape index (κ3) is 3.74. The maximum Gasteiger partial charge on any atom is 0.234 e. The first kappa shape index (κ1) is 10.5. The molecule has 1 aliphatic heterocycles. The van der Waals surface area contributed by atoms with E-state index in [1.807, 2.05) is 0 Å². The molecule has 0 aromatic heterocycles. The quantitative estimate of drug-likeness (QED) is 0.649. The van der Waals surface area contributed by atoms with Crippen LogP contribution >= 0.6 is 0 Å². The number of hydrogen-bond donors (Lipinski definition) is 2. The van der Waals surface area contributed by atoms with Crippen molar-refractivity contribution < 1.29 is 9.53 Å². The van der Waals surface area contributed by atoms with Crippen LogP contribution in [0.1, 0.15) is 25.7 Å². The topological polar surface area (TPSA) is 78.3 Å². The largest absolute Gasteiger partial charge is 0.381 e. The molecular formula is C9H18N2O2. The van der Waals surface area contributed by atoms with Gasteiger partial charge in [0.15, 0.2) is 0 Å². The summed E-state index contributed by atoms with van der Waals surface area (Å²) in [6, 6.07) is -0.484. The number of rotatable bonds is 4. The second-order valence-electron chi connectivity index (χ2n) is 3.67. The van der Waals surface area contributed by atoms with Gasteiger partial charge >= 0.3 is 0 Å². The van der Waals surface area contributed by atoms with E-state index in [9.17, 15) is 4.79 Å². The van der Waals surface area contributed by atoms with Crippen LogP contribution in [0.4, 0.5) is 0 Å². The number of nitrogens with two attached hydrogens (primary N) is 2. The van der Waals surface area contributed by atoms with E-state index in [1.165, 1.54) is 6.42 Å². The van der Waals surface area contributed by atoms with Crippen LogP contribution in [0.25, 0.3) is 0 Å². The zero-order valence-electron chi connectivity index (χ0n) is 7.87. The molecule has 1 amide bonds. The van der Waals surface area contributed by atoms with Crippen LogP contribution in [0.2, 0.25) is 0 Å². The van der Waals surface area contributed by atoms with Crippen LogP contribution in [0.15, 0.2) is 0 Å². The van der Waals surface area contributed by atoms with Gasteiger partial charge in [0, 0.05) is 13.2 Å². The summed E-state index contributed by atoms with van der Waals surface area (Å²) in [5, 5.41) is 0. The molecule has 2 unspecified atom stereocenters. The van der Waals surface area contributed by atoms with Crippen LogP contribution in [0.5, 0.6) is 0 Å². The van der Waals surface area contributed by atoms with Gasteiger partial charge in [-0.05, 0) is 31.6 Å². The van der Waals surface area contributed by atoms with Crippen molar-refractivity contribution in [2.75, 3.05) is 13.2 Å². The molecule has 2 atom stereocenters. The van der Waals surface area contributed by atoms with E-state index in [1.54, 1.807) is 0 Å². The van der Waals surface area contributed by atoms with Crippen molar-refractivity contribution in [3.8, 4) is 0 Å². The zero-order chi connectivity index (χ0) is 9.68. The predicted octanol–water partition coefficient (Wildman–Crippen LogP) is 0.00580. The van der Waals surface area contributed by atoms with Gasteiger partial charge in [0.2, 0.25) is 5.91 Å². The fourth-order valence-corrected chi connectivity index (χ4v) is 1.59. The Kier molecular flexibility index (Phi) is 4.18. The van der Waals surface area contributed by atoms with Gasteiger partial charge in [-0.2, -0.15) is 0 Å². The minimum absolute atomic E-state index is 0.406. The van der Waals surface area contributed by atoms with Gasteiger partial charge < -0.3 is 16.2 Å². The van der Waals surface area contributed by atoms with Crippen LogP contribution in [-0.2, 0) is 9.53 Å². The Balaban J connectivity index is 2.13. The van der Waals surface area contributed by atoms with Crippen molar-refractivity contribution in [3.05, 3.63) is 0 Å². The SMILES string of the molecule is NC(=O)C(N)CCC1CCCOC1. The Hall–Kier alpha value is -0.610. The first-order chi connectivity index (χ1) is 6.20. The van der Waals surface area contributed by atoms with Crippen LogP contribution in [-0.4, -0.2) is 25.2 Å². The van der Waals surface area contributed by atoms with E-state index >= 15 is 0 Å². The monoisotopic (exact) mass is 186 g/mol. The highest BCUT2D eigenvalue weighted by Gasteiger charge is 2.16. The number of amides is 1. The van der Waals surface area contributed by atoms with E-state index in [0.29, 0.717) is 12.3 Å². The number of primary amides is 1. The molecule has 4 nitrogen and oxygen atoms in total.